The van der Waals surface area contributed by atoms with Gasteiger partial charge in [-0.3, -0.25) is 0 Å². The summed E-state index contributed by atoms with van der Waals surface area (Å²) in [6.07, 6.45) is 0. The van der Waals surface area contributed by atoms with Crippen LogP contribution in [0.3, 0.4) is 0 Å². The molecule has 0 unspecified atom stereocenters. The van der Waals surface area contributed by atoms with Gasteiger partial charge in [-0.25, -0.2) is 9.97 Å². The lowest BCUT2D eigenvalue weighted by molar-refractivity contribution is 0.181. The monoisotopic (exact) mass is 399 g/mol. The number of nitrogens with one attached hydrogen (secondary N) is 1. The van der Waals surface area contributed by atoms with Gasteiger partial charge >= 0.3 is 0 Å². The number of ether oxygens (including phenoxy) is 1. The van der Waals surface area contributed by atoms with Gasteiger partial charge in [0.05, 0.1) is 16.8 Å². The van der Waals surface area contributed by atoms with E-state index in [1.807, 2.05) is 31.2 Å². The summed E-state index contributed by atoms with van der Waals surface area (Å²) < 4.78 is 7.01. The Labute approximate surface area is 135 Å². The fourth-order valence-electron chi connectivity index (χ4n) is 1.77. The van der Waals surface area contributed by atoms with Gasteiger partial charge in [0, 0.05) is 23.7 Å². The van der Waals surface area contributed by atoms with Crippen LogP contribution in [0.2, 0.25) is 0 Å². The number of hydrogen-bond acceptors (Lipinski definition) is 4. The average Bonchev–Trinajstić information content (AvgIpc) is 2.44. The summed E-state index contributed by atoms with van der Waals surface area (Å²) in [4.78, 5) is 9.16. The van der Waals surface area contributed by atoms with Crippen molar-refractivity contribution < 1.29 is 4.74 Å². The Bertz CT molecular complexity index is 578. The van der Waals surface area contributed by atoms with Crippen LogP contribution < -0.4 is 5.32 Å². The minimum atomic E-state index is 0.430. The van der Waals surface area contributed by atoms with Gasteiger partial charge in [-0.05, 0) is 28.9 Å². The number of anilines is 1. The van der Waals surface area contributed by atoms with Gasteiger partial charge in [-0.15, -0.1) is 0 Å². The molecule has 0 aliphatic heterocycles. The lowest BCUT2D eigenvalue weighted by Crippen LogP contribution is -2.07. The average molecular weight is 401 g/mol. The van der Waals surface area contributed by atoms with Crippen molar-refractivity contribution in [2.24, 2.45) is 0 Å². The topological polar surface area (TPSA) is 47.0 Å². The van der Waals surface area contributed by atoms with E-state index in [1.54, 1.807) is 7.11 Å². The quantitative estimate of drug-likeness (QED) is 0.814. The Morgan fingerprint density at radius 1 is 1.20 bits per heavy atom. The first-order chi connectivity index (χ1) is 9.67. The van der Waals surface area contributed by atoms with Crippen LogP contribution in [0.5, 0.6) is 0 Å². The van der Waals surface area contributed by atoms with Crippen LogP contribution in [0.1, 0.15) is 12.6 Å². The predicted molar refractivity (Wildman–Crippen MR) is 87.7 cm³/mol. The van der Waals surface area contributed by atoms with Crippen molar-refractivity contribution >= 4 is 37.7 Å². The van der Waals surface area contributed by atoms with Crippen LogP contribution >= 0.6 is 31.9 Å². The molecule has 106 valence electrons. The molecule has 0 fully saturated rings. The van der Waals surface area contributed by atoms with Crippen molar-refractivity contribution in [3.05, 3.63) is 38.9 Å². The van der Waals surface area contributed by atoms with Crippen LogP contribution in [-0.2, 0) is 11.3 Å². The Kier molecular flexibility index (Phi) is 5.51. The molecule has 0 bridgehead atoms. The second-order valence-electron chi connectivity index (χ2n) is 4.10. The molecule has 0 radical (unpaired) electrons. The highest BCUT2D eigenvalue weighted by Gasteiger charge is 2.14. The molecule has 6 heteroatoms. The first-order valence-electron chi connectivity index (χ1n) is 6.21. The predicted octanol–water partition coefficient (Wildman–Crippen LogP) is 4.25. The largest absolute Gasteiger partial charge is 0.378 e. The Balaban J connectivity index is 2.56. The molecule has 1 aromatic heterocycles. The Hall–Kier alpha value is -0.980. The van der Waals surface area contributed by atoms with Crippen molar-refractivity contribution in [3.8, 4) is 11.4 Å². The molecule has 0 aliphatic carbocycles. The molecular weight excluding hydrogens is 386 g/mol. The van der Waals surface area contributed by atoms with E-state index in [0.717, 1.165) is 32.6 Å². The molecule has 1 aromatic carbocycles. The van der Waals surface area contributed by atoms with Crippen molar-refractivity contribution in [1.82, 2.24) is 9.97 Å². The highest BCUT2D eigenvalue weighted by atomic mass is 79.9. The van der Waals surface area contributed by atoms with E-state index in [4.69, 9.17) is 4.74 Å². The maximum Gasteiger partial charge on any atom is 0.163 e. The molecular formula is C14H15Br2N3O. The van der Waals surface area contributed by atoms with E-state index in [9.17, 15) is 0 Å². The summed E-state index contributed by atoms with van der Waals surface area (Å²) in [6.45, 7) is 3.25. The highest BCUT2D eigenvalue weighted by molar-refractivity contribution is 9.11. The van der Waals surface area contributed by atoms with Crippen molar-refractivity contribution in [2.75, 3.05) is 19.0 Å². The molecule has 2 aromatic rings. The van der Waals surface area contributed by atoms with E-state index in [-0.39, 0.29) is 0 Å². The zero-order valence-corrected chi connectivity index (χ0v) is 14.5. The molecule has 0 atom stereocenters. The van der Waals surface area contributed by atoms with Gasteiger partial charge < -0.3 is 10.1 Å². The normalized spacial score (nSPS) is 10.6. The first kappa shape index (κ1) is 15.4. The molecule has 4 nitrogen and oxygen atoms in total. The number of benzene rings is 1. The maximum atomic E-state index is 5.20. The SMILES string of the molecule is CCNc1nc(-c2ccccc2Br)nc(COC)c1Br. The van der Waals surface area contributed by atoms with Gasteiger partial charge in [0.1, 0.15) is 5.82 Å². The number of halogens is 2. The maximum absolute atomic E-state index is 5.20. The lowest BCUT2D eigenvalue weighted by atomic mass is 10.2. The number of methoxy groups -OCH3 is 1. The zero-order valence-electron chi connectivity index (χ0n) is 11.3. The van der Waals surface area contributed by atoms with Gasteiger partial charge in [0.2, 0.25) is 0 Å². The molecule has 0 saturated carbocycles. The molecule has 0 amide bonds. The van der Waals surface area contributed by atoms with Gasteiger partial charge in [0.25, 0.3) is 0 Å². The summed E-state index contributed by atoms with van der Waals surface area (Å²) in [7, 11) is 1.65. The van der Waals surface area contributed by atoms with Crippen LogP contribution in [0.4, 0.5) is 5.82 Å². The molecule has 1 heterocycles. The first-order valence-corrected chi connectivity index (χ1v) is 7.80. The summed E-state index contributed by atoms with van der Waals surface area (Å²) >= 11 is 7.06. The van der Waals surface area contributed by atoms with Crippen molar-refractivity contribution in [2.45, 2.75) is 13.5 Å². The zero-order chi connectivity index (χ0) is 14.5. The lowest BCUT2D eigenvalue weighted by Gasteiger charge is -2.12. The van der Waals surface area contributed by atoms with E-state index in [0.29, 0.717) is 12.4 Å². The van der Waals surface area contributed by atoms with E-state index in [1.165, 1.54) is 0 Å². The number of hydrogen-bond donors (Lipinski definition) is 1. The standard InChI is InChI=1S/C14H15Br2N3O/c1-3-17-14-12(16)11(8-20-2)18-13(19-14)9-6-4-5-7-10(9)15/h4-7H,3,8H2,1-2H3,(H,17,18,19). The molecule has 0 spiro atoms. The number of rotatable bonds is 5. The summed E-state index contributed by atoms with van der Waals surface area (Å²) in [5.74, 6) is 1.45. The van der Waals surface area contributed by atoms with Crippen LogP contribution in [0, 0.1) is 0 Å². The molecule has 2 rings (SSSR count). The molecule has 0 aliphatic rings. The molecule has 20 heavy (non-hydrogen) atoms. The van der Waals surface area contributed by atoms with Crippen molar-refractivity contribution in [3.63, 3.8) is 0 Å². The molecule has 0 saturated heterocycles. The van der Waals surface area contributed by atoms with Crippen LogP contribution in [0.25, 0.3) is 11.4 Å². The van der Waals surface area contributed by atoms with Gasteiger partial charge in [-0.2, -0.15) is 0 Å². The van der Waals surface area contributed by atoms with Crippen LogP contribution in [-0.4, -0.2) is 23.6 Å². The second kappa shape index (κ2) is 7.15. The Morgan fingerprint density at radius 2 is 1.95 bits per heavy atom. The van der Waals surface area contributed by atoms with E-state index < -0.39 is 0 Å². The summed E-state index contributed by atoms with van der Waals surface area (Å²) in [5, 5.41) is 3.24. The molecule has 1 N–H and O–H groups in total. The van der Waals surface area contributed by atoms with Crippen LogP contribution in [0.15, 0.2) is 33.2 Å². The summed E-state index contributed by atoms with van der Waals surface area (Å²) in [5.41, 5.74) is 1.78. The highest BCUT2D eigenvalue weighted by Crippen LogP contribution is 2.30. The number of aromatic nitrogens is 2. The Morgan fingerprint density at radius 3 is 2.60 bits per heavy atom. The van der Waals surface area contributed by atoms with Gasteiger partial charge in [0.15, 0.2) is 5.82 Å². The fourth-order valence-corrected chi connectivity index (χ4v) is 2.67. The van der Waals surface area contributed by atoms with Crippen molar-refractivity contribution in [1.29, 1.82) is 0 Å². The van der Waals surface area contributed by atoms with E-state index in [2.05, 4.69) is 47.1 Å². The minimum Gasteiger partial charge on any atom is -0.378 e. The third-order valence-electron chi connectivity index (χ3n) is 2.66. The van der Waals surface area contributed by atoms with E-state index >= 15 is 0 Å². The number of nitrogens with zero attached hydrogens (tertiary/aromatic N) is 2. The third kappa shape index (κ3) is 3.37. The minimum absolute atomic E-state index is 0.430. The fraction of sp³-hybridized carbons (Fsp3) is 0.286. The second-order valence-corrected chi connectivity index (χ2v) is 5.75. The van der Waals surface area contributed by atoms with Gasteiger partial charge in [-0.1, -0.05) is 34.1 Å². The summed E-state index contributed by atoms with van der Waals surface area (Å²) in [6, 6.07) is 7.89. The third-order valence-corrected chi connectivity index (χ3v) is 4.18. The smallest absolute Gasteiger partial charge is 0.163 e.